The fourth-order valence-corrected chi connectivity index (χ4v) is 2.78. The van der Waals surface area contributed by atoms with Crippen LogP contribution >= 0.6 is 0 Å². The number of hydrazone groups is 1. The van der Waals surface area contributed by atoms with E-state index < -0.39 is 5.91 Å². The number of methoxy groups -OCH3 is 1. The molecule has 0 aliphatic carbocycles. The molecule has 3 amide bonds. The van der Waals surface area contributed by atoms with Crippen molar-refractivity contribution in [2.24, 2.45) is 5.10 Å². The van der Waals surface area contributed by atoms with E-state index in [1.807, 2.05) is 37.3 Å². The molecular formula is C24H30N4O5. The summed E-state index contributed by atoms with van der Waals surface area (Å²) in [7, 11) is 1.58. The third-order valence-corrected chi connectivity index (χ3v) is 4.50. The maximum absolute atomic E-state index is 12.1. The lowest BCUT2D eigenvalue weighted by Gasteiger charge is -2.14. The van der Waals surface area contributed by atoms with Gasteiger partial charge in [-0.3, -0.25) is 14.4 Å². The summed E-state index contributed by atoms with van der Waals surface area (Å²) in [4.78, 5) is 35.5. The summed E-state index contributed by atoms with van der Waals surface area (Å²) in [6, 6.07) is 16.4. The molecule has 0 heterocycles. The van der Waals surface area contributed by atoms with Gasteiger partial charge in [0, 0.05) is 20.3 Å². The van der Waals surface area contributed by atoms with Gasteiger partial charge in [0.25, 0.3) is 5.91 Å². The predicted molar refractivity (Wildman–Crippen MR) is 125 cm³/mol. The fourth-order valence-electron chi connectivity index (χ4n) is 2.78. The maximum Gasteiger partial charge on any atom is 0.258 e. The van der Waals surface area contributed by atoms with E-state index in [9.17, 15) is 14.4 Å². The Balaban J connectivity index is 1.68. The highest BCUT2D eigenvalue weighted by atomic mass is 16.5. The van der Waals surface area contributed by atoms with E-state index >= 15 is 0 Å². The van der Waals surface area contributed by atoms with Gasteiger partial charge >= 0.3 is 0 Å². The van der Waals surface area contributed by atoms with Crippen LogP contribution in [0.2, 0.25) is 0 Å². The molecule has 2 aromatic carbocycles. The van der Waals surface area contributed by atoms with Gasteiger partial charge in [0.05, 0.1) is 12.3 Å². The third kappa shape index (κ3) is 10.4. The lowest BCUT2D eigenvalue weighted by atomic mass is 10.1. The van der Waals surface area contributed by atoms with Crippen LogP contribution in [0, 0.1) is 0 Å². The number of carbonyl (C=O) groups excluding carboxylic acids is 3. The largest absolute Gasteiger partial charge is 0.484 e. The summed E-state index contributed by atoms with van der Waals surface area (Å²) in [6.07, 6.45) is 1.83. The first kappa shape index (κ1) is 25.5. The second-order valence-corrected chi connectivity index (χ2v) is 7.22. The Kier molecular flexibility index (Phi) is 11.1. The summed E-state index contributed by atoms with van der Waals surface area (Å²) in [5, 5.41) is 9.35. The molecule has 9 nitrogen and oxygen atoms in total. The molecule has 0 radical (unpaired) electrons. The number of benzene rings is 2. The van der Waals surface area contributed by atoms with Gasteiger partial charge in [0.2, 0.25) is 11.8 Å². The number of nitrogens with zero attached hydrogens (tertiary/aromatic N) is 1. The molecule has 176 valence electrons. The summed E-state index contributed by atoms with van der Waals surface area (Å²) in [6.45, 7) is 2.80. The number of nitrogens with one attached hydrogen (secondary N) is 3. The van der Waals surface area contributed by atoms with E-state index in [4.69, 9.17) is 9.47 Å². The number of hydrogen-bond donors (Lipinski definition) is 3. The van der Waals surface area contributed by atoms with E-state index in [-0.39, 0.29) is 30.9 Å². The molecule has 1 atom stereocenters. The molecule has 0 saturated heterocycles. The quantitative estimate of drug-likeness (QED) is 0.185. The number of rotatable bonds is 13. The second-order valence-electron chi connectivity index (χ2n) is 7.22. The minimum atomic E-state index is -0.508. The normalized spacial score (nSPS) is 11.6. The molecule has 0 bridgehead atoms. The van der Waals surface area contributed by atoms with Gasteiger partial charge in [0.1, 0.15) is 12.2 Å². The summed E-state index contributed by atoms with van der Waals surface area (Å²) in [5.74, 6) is -0.569. The van der Waals surface area contributed by atoms with Crippen molar-refractivity contribution in [2.45, 2.75) is 25.8 Å². The molecule has 0 aliphatic heterocycles. The first-order valence-electron chi connectivity index (χ1n) is 10.6. The number of carbonyl (C=O) groups is 3. The average molecular weight is 455 g/mol. The minimum Gasteiger partial charge on any atom is -0.484 e. The highest BCUT2D eigenvalue weighted by molar-refractivity contribution is 5.97. The molecule has 9 heteroatoms. The zero-order valence-corrected chi connectivity index (χ0v) is 18.9. The van der Waals surface area contributed by atoms with Gasteiger partial charge in [-0.05, 0) is 48.7 Å². The molecule has 0 fully saturated rings. The maximum atomic E-state index is 12.1. The SMILES string of the molecule is COCCCNC(=O)CC(=O)N/N=C/c1ccc(OCC(=O)N[C@@H](C)c2ccccc2)cc1. The van der Waals surface area contributed by atoms with Crippen LogP contribution in [-0.4, -0.2) is 50.8 Å². The van der Waals surface area contributed by atoms with Crippen molar-refractivity contribution in [1.82, 2.24) is 16.1 Å². The highest BCUT2D eigenvalue weighted by Gasteiger charge is 2.10. The van der Waals surface area contributed by atoms with Crippen LogP contribution in [0.25, 0.3) is 0 Å². The Hall–Kier alpha value is -3.72. The standard InChI is InChI=1S/C24H30N4O5/c1-18(20-7-4-3-5-8-20)27-24(31)17-33-21-11-9-19(10-12-21)16-26-28-23(30)15-22(29)25-13-6-14-32-2/h3-5,7-12,16,18H,6,13-15,17H2,1-2H3,(H,25,29)(H,27,31)(H,28,30)/b26-16+/t18-/m0/s1. The van der Waals surface area contributed by atoms with Crippen LogP contribution in [-0.2, 0) is 19.1 Å². The van der Waals surface area contributed by atoms with E-state index in [0.29, 0.717) is 30.9 Å². The van der Waals surface area contributed by atoms with Crippen molar-refractivity contribution in [3.05, 3.63) is 65.7 Å². The molecule has 2 aromatic rings. The number of ether oxygens (including phenoxy) is 2. The van der Waals surface area contributed by atoms with Crippen molar-refractivity contribution in [3.63, 3.8) is 0 Å². The van der Waals surface area contributed by atoms with Crippen LogP contribution in [0.1, 0.15) is 36.9 Å². The van der Waals surface area contributed by atoms with Crippen molar-refractivity contribution >= 4 is 23.9 Å². The van der Waals surface area contributed by atoms with E-state index in [2.05, 4.69) is 21.2 Å². The Morgan fingerprint density at radius 3 is 2.42 bits per heavy atom. The van der Waals surface area contributed by atoms with Gasteiger partial charge in [0.15, 0.2) is 6.61 Å². The Morgan fingerprint density at radius 1 is 1.00 bits per heavy atom. The average Bonchev–Trinajstić information content (AvgIpc) is 2.82. The molecule has 2 rings (SSSR count). The van der Waals surface area contributed by atoms with Crippen LogP contribution in [0.15, 0.2) is 59.7 Å². The van der Waals surface area contributed by atoms with Crippen LogP contribution in [0.5, 0.6) is 5.75 Å². The van der Waals surface area contributed by atoms with Crippen molar-refractivity contribution in [2.75, 3.05) is 26.9 Å². The van der Waals surface area contributed by atoms with Gasteiger partial charge in [-0.2, -0.15) is 5.10 Å². The van der Waals surface area contributed by atoms with Gasteiger partial charge in [-0.1, -0.05) is 30.3 Å². The van der Waals surface area contributed by atoms with Crippen molar-refractivity contribution in [3.8, 4) is 5.75 Å². The topological polar surface area (TPSA) is 118 Å². The monoisotopic (exact) mass is 454 g/mol. The molecule has 0 aliphatic rings. The first-order chi connectivity index (χ1) is 16.0. The molecular weight excluding hydrogens is 424 g/mol. The minimum absolute atomic E-state index is 0.103. The summed E-state index contributed by atoms with van der Waals surface area (Å²) < 4.78 is 10.4. The molecule has 0 unspecified atom stereocenters. The fraction of sp³-hybridized carbons (Fsp3) is 0.333. The van der Waals surface area contributed by atoms with E-state index in [0.717, 1.165) is 5.56 Å². The van der Waals surface area contributed by atoms with Crippen LogP contribution in [0.3, 0.4) is 0 Å². The van der Waals surface area contributed by atoms with Gasteiger partial charge < -0.3 is 20.1 Å². The smallest absolute Gasteiger partial charge is 0.258 e. The highest BCUT2D eigenvalue weighted by Crippen LogP contribution is 2.13. The van der Waals surface area contributed by atoms with Crippen LogP contribution in [0.4, 0.5) is 0 Å². The molecule has 33 heavy (non-hydrogen) atoms. The summed E-state index contributed by atoms with van der Waals surface area (Å²) >= 11 is 0. The third-order valence-electron chi connectivity index (χ3n) is 4.50. The lowest BCUT2D eigenvalue weighted by molar-refractivity contribution is -0.129. The predicted octanol–water partition coefficient (Wildman–Crippen LogP) is 1.94. The zero-order chi connectivity index (χ0) is 23.9. The van der Waals surface area contributed by atoms with Gasteiger partial charge in [-0.15, -0.1) is 0 Å². The summed E-state index contributed by atoms with van der Waals surface area (Å²) in [5.41, 5.74) is 4.05. The zero-order valence-electron chi connectivity index (χ0n) is 18.9. The Bertz CT molecular complexity index is 916. The van der Waals surface area contributed by atoms with Crippen molar-refractivity contribution in [1.29, 1.82) is 0 Å². The molecule has 0 spiro atoms. The van der Waals surface area contributed by atoms with E-state index in [1.165, 1.54) is 6.21 Å². The molecule has 3 N–H and O–H groups in total. The van der Waals surface area contributed by atoms with E-state index in [1.54, 1.807) is 31.4 Å². The molecule has 0 saturated carbocycles. The lowest BCUT2D eigenvalue weighted by Crippen LogP contribution is -2.31. The van der Waals surface area contributed by atoms with Gasteiger partial charge in [-0.25, -0.2) is 5.43 Å². The number of amides is 3. The second kappa shape index (κ2) is 14.4. The molecule has 0 aromatic heterocycles. The Labute approximate surface area is 193 Å². The first-order valence-corrected chi connectivity index (χ1v) is 10.6. The van der Waals surface area contributed by atoms with Crippen molar-refractivity contribution < 1.29 is 23.9 Å². The number of hydrogen-bond acceptors (Lipinski definition) is 6. The Morgan fingerprint density at radius 2 is 1.73 bits per heavy atom. The van der Waals surface area contributed by atoms with Crippen LogP contribution < -0.4 is 20.8 Å².